The molecule has 1 aliphatic heterocycles. The molecule has 5 atom stereocenters. The summed E-state index contributed by atoms with van der Waals surface area (Å²) in [5.74, 6) is -4.40. The molecule has 0 aliphatic carbocycles. The number of hydrogen-bond acceptors (Lipinski definition) is 9. The molecule has 232 valence electrons. The molecule has 43 heavy (non-hydrogen) atoms. The van der Waals surface area contributed by atoms with Crippen LogP contribution >= 0.6 is 0 Å². The molecular formula is C30H39FN6O6. The minimum atomic E-state index is -2.26. The standard InChI is InChI=1S/C30H39FN6O6/c1-16(2)12-20(38)34-29-35-25(32-6)24-26(36-29)37(15-33-24)28-30(5,31)23(22(17(3)4)27(40)41)19(43-28)14-42-21(39)13-18-10-8-7-9-11-18/h7-11,15-17,19,22-23,28H,12-14H2,1-6H3,(H,40,41)(H2,32,34,35,36,38)/t19?,22?,23-,28+,30+/m0/s1. The predicted octanol–water partition coefficient (Wildman–Crippen LogP) is 4.24. The third-order valence-electron chi connectivity index (χ3n) is 7.58. The molecular weight excluding hydrogens is 559 g/mol. The van der Waals surface area contributed by atoms with Gasteiger partial charge in [0.2, 0.25) is 11.9 Å². The highest BCUT2D eigenvalue weighted by atomic mass is 19.1. The number of hydrogen-bond donors (Lipinski definition) is 3. The van der Waals surface area contributed by atoms with Crippen LogP contribution in [0, 0.1) is 23.7 Å². The number of carboxylic acid groups (broad SMARTS) is 1. The average molecular weight is 599 g/mol. The lowest BCUT2D eigenvalue weighted by molar-refractivity contribution is -0.152. The van der Waals surface area contributed by atoms with Gasteiger partial charge in [-0.25, -0.2) is 9.37 Å². The van der Waals surface area contributed by atoms with Crippen LogP contribution in [0.4, 0.5) is 16.2 Å². The molecule has 1 aromatic carbocycles. The zero-order valence-electron chi connectivity index (χ0n) is 25.2. The highest BCUT2D eigenvalue weighted by Crippen LogP contribution is 2.51. The van der Waals surface area contributed by atoms with Crippen molar-refractivity contribution in [2.45, 2.75) is 65.5 Å². The zero-order chi connectivity index (χ0) is 31.5. The molecule has 3 N–H and O–H groups in total. The van der Waals surface area contributed by atoms with E-state index in [9.17, 15) is 19.5 Å². The minimum absolute atomic E-state index is 0.00225. The van der Waals surface area contributed by atoms with Gasteiger partial charge in [0.1, 0.15) is 12.7 Å². The van der Waals surface area contributed by atoms with Crippen LogP contribution in [-0.2, 0) is 30.3 Å². The van der Waals surface area contributed by atoms with Crippen molar-refractivity contribution in [1.29, 1.82) is 0 Å². The number of ether oxygens (including phenoxy) is 2. The highest BCUT2D eigenvalue weighted by molar-refractivity contribution is 5.91. The average Bonchev–Trinajstić information content (AvgIpc) is 3.44. The van der Waals surface area contributed by atoms with E-state index < -0.39 is 47.7 Å². The number of benzene rings is 1. The van der Waals surface area contributed by atoms with Crippen LogP contribution in [0.2, 0.25) is 0 Å². The Hall–Kier alpha value is -4.13. The van der Waals surface area contributed by atoms with Gasteiger partial charge in [0.25, 0.3) is 0 Å². The number of aliphatic carboxylic acids is 1. The van der Waals surface area contributed by atoms with Gasteiger partial charge in [0.15, 0.2) is 28.9 Å². The molecule has 1 fully saturated rings. The summed E-state index contributed by atoms with van der Waals surface area (Å²) < 4.78 is 30.1. The molecule has 3 heterocycles. The van der Waals surface area contributed by atoms with Crippen molar-refractivity contribution in [2.24, 2.45) is 23.7 Å². The van der Waals surface area contributed by atoms with Gasteiger partial charge in [0.05, 0.1) is 18.7 Å². The van der Waals surface area contributed by atoms with E-state index in [-0.39, 0.29) is 42.9 Å². The number of imidazole rings is 1. The number of amides is 1. The summed E-state index contributed by atoms with van der Waals surface area (Å²) in [7, 11) is 1.63. The fourth-order valence-corrected chi connectivity index (χ4v) is 5.68. The van der Waals surface area contributed by atoms with Crippen molar-refractivity contribution in [1.82, 2.24) is 19.5 Å². The van der Waals surface area contributed by atoms with Crippen LogP contribution in [0.5, 0.6) is 0 Å². The van der Waals surface area contributed by atoms with Crippen molar-refractivity contribution in [3.63, 3.8) is 0 Å². The third-order valence-corrected chi connectivity index (χ3v) is 7.58. The Balaban J connectivity index is 1.69. The molecule has 13 heteroatoms. The fourth-order valence-electron chi connectivity index (χ4n) is 5.68. The van der Waals surface area contributed by atoms with E-state index in [1.807, 2.05) is 19.9 Å². The van der Waals surface area contributed by atoms with E-state index in [1.165, 1.54) is 17.8 Å². The van der Waals surface area contributed by atoms with E-state index >= 15 is 4.39 Å². The second kappa shape index (κ2) is 13.0. The molecule has 1 amide bonds. The molecule has 12 nitrogen and oxygen atoms in total. The Labute approximate surface area is 249 Å². The van der Waals surface area contributed by atoms with Gasteiger partial charge in [-0.05, 0) is 24.3 Å². The van der Waals surface area contributed by atoms with Crippen LogP contribution < -0.4 is 10.6 Å². The quantitative estimate of drug-likeness (QED) is 0.258. The molecule has 1 aliphatic rings. The molecule has 4 rings (SSSR count). The Kier molecular flexibility index (Phi) is 9.63. The van der Waals surface area contributed by atoms with Crippen LogP contribution in [0.15, 0.2) is 36.7 Å². The maximum Gasteiger partial charge on any atom is 0.310 e. The molecule has 2 aromatic heterocycles. The normalized spacial score (nSPS) is 22.6. The van der Waals surface area contributed by atoms with Gasteiger partial charge < -0.3 is 19.9 Å². The Morgan fingerprint density at radius 1 is 1.16 bits per heavy atom. The van der Waals surface area contributed by atoms with Crippen molar-refractivity contribution in [3.05, 3.63) is 42.2 Å². The number of carbonyl (C=O) groups is 3. The number of anilines is 2. The van der Waals surface area contributed by atoms with Crippen molar-refractivity contribution in [2.75, 3.05) is 24.3 Å². The molecule has 0 bridgehead atoms. The molecule has 3 aromatic rings. The van der Waals surface area contributed by atoms with Gasteiger partial charge in [0, 0.05) is 19.4 Å². The van der Waals surface area contributed by atoms with Gasteiger partial charge in [-0.3, -0.25) is 24.3 Å². The fraction of sp³-hybridized carbons (Fsp3) is 0.533. The molecule has 2 unspecified atom stereocenters. The van der Waals surface area contributed by atoms with Gasteiger partial charge >= 0.3 is 11.9 Å². The summed E-state index contributed by atoms with van der Waals surface area (Å²) in [6, 6.07) is 9.01. The lowest BCUT2D eigenvalue weighted by Gasteiger charge is -2.33. The Morgan fingerprint density at radius 2 is 1.86 bits per heavy atom. The topological polar surface area (TPSA) is 158 Å². The number of carboxylic acids is 1. The first kappa shape index (κ1) is 31.8. The first-order chi connectivity index (χ1) is 20.3. The summed E-state index contributed by atoms with van der Waals surface area (Å²) in [4.78, 5) is 50.7. The smallest absolute Gasteiger partial charge is 0.310 e. The predicted molar refractivity (Wildman–Crippen MR) is 157 cm³/mol. The number of fused-ring (bicyclic) bond motifs is 1. The Morgan fingerprint density at radius 3 is 2.47 bits per heavy atom. The monoisotopic (exact) mass is 598 g/mol. The Bertz CT molecular complexity index is 1460. The van der Waals surface area contributed by atoms with Gasteiger partial charge in [-0.15, -0.1) is 0 Å². The molecule has 0 radical (unpaired) electrons. The van der Waals surface area contributed by atoms with E-state index in [4.69, 9.17) is 9.47 Å². The van der Waals surface area contributed by atoms with Gasteiger partial charge in [-0.1, -0.05) is 58.0 Å². The SMILES string of the molecule is CNc1nc(NC(=O)CC(C)C)nc2c1ncn2[C@@H]1OC(COC(=O)Cc2ccccc2)[C@@H](C(C(=O)O)C(C)C)[C@@]1(C)F. The first-order valence-electron chi connectivity index (χ1n) is 14.3. The number of rotatable bonds is 12. The summed E-state index contributed by atoms with van der Waals surface area (Å²) in [5, 5.41) is 15.7. The number of esters is 1. The molecule has 0 saturated carbocycles. The highest BCUT2D eigenvalue weighted by Gasteiger charge is 2.60. The first-order valence-corrected chi connectivity index (χ1v) is 14.3. The largest absolute Gasteiger partial charge is 0.481 e. The maximum absolute atomic E-state index is 17.1. The van der Waals surface area contributed by atoms with Crippen LogP contribution in [0.25, 0.3) is 11.2 Å². The third kappa shape index (κ3) is 6.93. The maximum atomic E-state index is 17.1. The zero-order valence-corrected chi connectivity index (χ0v) is 25.2. The summed E-state index contributed by atoms with van der Waals surface area (Å²) >= 11 is 0. The summed E-state index contributed by atoms with van der Waals surface area (Å²) in [5.41, 5.74) is -1.04. The number of alkyl halides is 1. The number of halogens is 1. The number of carbonyl (C=O) groups excluding carboxylic acids is 2. The number of nitrogens with zero attached hydrogens (tertiary/aromatic N) is 4. The number of aromatic nitrogens is 4. The molecule has 0 spiro atoms. The van der Waals surface area contributed by atoms with Crippen LogP contribution in [0.1, 0.15) is 52.8 Å². The van der Waals surface area contributed by atoms with Crippen molar-refractivity contribution < 1.29 is 33.4 Å². The van der Waals surface area contributed by atoms with E-state index in [0.29, 0.717) is 11.3 Å². The van der Waals surface area contributed by atoms with Gasteiger partial charge in [-0.2, -0.15) is 9.97 Å². The van der Waals surface area contributed by atoms with E-state index in [2.05, 4.69) is 25.6 Å². The second-order valence-corrected chi connectivity index (χ2v) is 11.8. The van der Waals surface area contributed by atoms with E-state index in [0.717, 1.165) is 5.56 Å². The lowest BCUT2D eigenvalue weighted by atomic mass is 9.73. The lowest BCUT2D eigenvalue weighted by Crippen LogP contribution is -2.45. The molecule has 1 saturated heterocycles. The summed E-state index contributed by atoms with van der Waals surface area (Å²) in [6.45, 7) is 8.15. The van der Waals surface area contributed by atoms with Crippen LogP contribution in [0.3, 0.4) is 0 Å². The van der Waals surface area contributed by atoms with E-state index in [1.54, 1.807) is 45.2 Å². The minimum Gasteiger partial charge on any atom is -0.481 e. The van der Waals surface area contributed by atoms with Crippen molar-refractivity contribution >= 4 is 40.8 Å². The number of nitrogens with one attached hydrogen (secondary N) is 2. The van der Waals surface area contributed by atoms with Crippen LogP contribution in [-0.4, -0.2) is 67.9 Å². The second-order valence-electron chi connectivity index (χ2n) is 11.8. The van der Waals surface area contributed by atoms with Crippen molar-refractivity contribution in [3.8, 4) is 0 Å². The summed E-state index contributed by atoms with van der Waals surface area (Å²) in [6.07, 6.45) is -0.866.